The first-order valence-electron chi connectivity index (χ1n) is 16.3. The number of likely N-dealkylation sites (tertiary alicyclic amines) is 1. The van der Waals surface area contributed by atoms with Gasteiger partial charge in [0.15, 0.2) is 6.54 Å². The Bertz CT molecular complexity index is 1400. The molecule has 1 aliphatic carbocycles. The molecule has 2 amide bonds. The lowest BCUT2D eigenvalue weighted by Crippen LogP contribution is -2.83. The van der Waals surface area contributed by atoms with Crippen LogP contribution in [0.1, 0.15) is 67.6 Å². The Morgan fingerprint density at radius 2 is 1.74 bits per heavy atom. The van der Waals surface area contributed by atoms with Crippen molar-refractivity contribution in [3.05, 3.63) is 69.7 Å². The molecule has 2 aromatic carbocycles. The summed E-state index contributed by atoms with van der Waals surface area (Å²) in [6.45, 7) is 3.92. The zero-order chi connectivity index (χ0) is 33.1. The fraction of sp³-hybridized carbons (Fsp3) is 0.559. The number of nitrogens with two attached hydrogens (primary N) is 1. The van der Waals surface area contributed by atoms with Gasteiger partial charge in [0, 0.05) is 30.1 Å². The second-order valence-electron chi connectivity index (χ2n) is 13.2. The molecule has 0 radical (unpaired) electrons. The maximum Gasteiger partial charge on any atom is 0.430 e. The average molecular weight is 709 g/mol. The minimum Gasteiger partial charge on any atom is -0.542 e. The number of carboxylic acids is 1. The first-order valence-corrected chi connectivity index (χ1v) is 17.0. The van der Waals surface area contributed by atoms with Crippen molar-refractivity contribution in [2.45, 2.75) is 75.0 Å². The zero-order valence-corrected chi connectivity index (χ0v) is 27.5. The summed E-state index contributed by atoms with van der Waals surface area (Å²) in [4.78, 5) is 40.8. The van der Waals surface area contributed by atoms with Gasteiger partial charge in [0.2, 0.25) is 5.91 Å². The molecule has 3 fully saturated rings. The molecule has 5 N–H and O–H groups in total. The number of carboxylic acid groups (broad SMARTS) is 1. The fourth-order valence-electron chi connectivity index (χ4n) is 8.35. The third-order valence-corrected chi connectivity index (χ3v) is 11.0. The van der Waals surface area contributed by atoms with Crippen molar-refractivity contribution in [2.75, 3.05) is 32.7 Å². The molecule has 2 aromatic rings. The monoisotopic (exact) mass is 707 g/mol. The number of halogens is 4. The second kappa shape index (κ2) is 14.4. The second-order valence-corrected chi connectivity index (χ2v) is 14.1. The molecule has 0 bridgehead atoms. The zero-order valence-electron chi connectivity index (χ0n) is 25.9. The highest BCUT2D eigenvalue weighted by Gasteiger charge is 2.57. The van der Waals surface area contributed by atoms with Gasteiger partial charge in [0.1, 0.15) is 11.9 Å². The van der Waals surface area contributed by atoms with Crippen LogP contribution < -0.4 is 16.2 Å². The molecule has 2 saturated heterocycles. The number of amides is 2. The van der Waals surface area contributed by atoms with Crippen molar-refractivity contribution >= 4 is 33.7 Å². The summed E-state index contributed by atoms with van der Waals surface area (Å²) in [6, 6.07) is 17.7. The van der Waals surface area contributed by atoms with Crippen LogP contribution in [0.3, 0.4) is 0 Å². The number of aliphatic carboxylic acids is 1. The van der Waals surface area contributed by atoms with Gasteiger partial charge in [-0.25, -0.2) is 0 Å². The predicted molar refractivity (Wildman–Crippen MR) is 166 cm³/mol. The van der Waals surface area contributed by atoms with E-state index >= 15 is 0 Å². The Balaban J connectivity index is 0.000000537. The highest BCUT2D eigenvalue weighted by molar-refractivity contribution is 9.10. The third-order valence-electron chi connectivity index (χ3n) is 10.5. The first-order chi connectivity index (χ1) is 21.9. The number of hydrogen-bond donors (Lipinski definition) is 2. The van der Waals surface area contributed by atoms with Crippen LogP contribution >= 0.6 is 15.9 Å². The molecular formula is C34H43BrF3N4O4+. The number of rotatable bonds is 4. The predicted octanol–water partition coefficient (Wildman–Crippen LogP) is 2.12. The Kier molecular flexibility index (Phi) is 10.8. The summed E-state index contributed by atoms with van der Waals surface area (Å²) in [7, 11) is 0. The van der Waals surface area contributed by atoms with Crippen LogP contribution in [0.15, 0.2) is 53.0 Å². The van der Waals surface area contributed by atoms with Crippen LogP contribution in [0.25, 0.3) is 0 Å². The van der Waals surface area contributed by atoms with Gasteiger partial charge >= 0.3 is 6.18 Å². The number of fused-ring (bicyclic) bond motifs is 2. The van der Waals surface area contributed by atoms with E-state index in [4.69, 9.17) is 9.90 Å². The smallest absolute Gasteiger partial charge is 0.430 e. The molecule has 4 atom stereocenters. The van der Waals surface area contributed by atoms with Crippen molar-refractivity contribution in [3.8, 4) is 0 Å². The Morgan fingerprint density at radius 3 is 2.39 bits per heavy atom. The van der Waals surface area contributed by atoms with E-state index in [0.717, 1.165) is 42.5 Å². The number of quaternary nitrogens is 2. The largest absolute Gasteiger partial charge is 0.542 e. The van der Waals surface area contributed by atoms with Gasteiger partial charge in [-0.3, -0.25) is 9.59 Å². The molecule has 1 spiro atoms. The van der Waals surface area contributed by atoms with Gasteiger partial charge in [-0.1, -0.05) is 71.6 Å². The van der Waals surface area contributed by atoms with Crippen LogP contribution in [0, 0.1) is 11.8 Å². The molecular weight excluding hydrogens is 665 g/mol. The van der Waals surface area contributed by atoms with E-state index in [9.17, 15) is 22.8 Å². The molecule has 0 aromatic heterocycles. The lowest BCUT2D eigenvalue weighted by molar-refractivity contribution is -0.640. The third kappa shape index (κ3) is 7.28. The first kappa shape index (κ1) is 34.4. The fourth-order valence-corrected chi connectivity index (χ4v) is 8.76. The van der Waals surface area contributed by atoms with E-state index in [0.29, 0.717) is 36.9 Å². The van der Waals surface area contributed by atoms with E-state index < -0.39 is 12.1 Å². The SMILES string of the molecule is O=C([O-])C(F)(F)F.[NH3+]CC(=O)N1Cc2cc(Br)ccc2[C@@]2(C[NH2+]CC2C(=O)N2CC[C@@H](c3ccccc3)C[C@H]2C2CCCCC2)C1. The van der Waals surface area contributed by atoms with Crippen LogP contribution in [0.4, 0.5) is 13.2 Å². The van der Waals surface area contributed by atoms with Gasteiger partial charge in [-0.05, 0) is 66.3 Å². The molecule has 3 heterocycles. The summed E-state index contributed by atoms with van der Waals surface area (Å²) in [5, 5.41) is 11.1. The molecule has 3 aliphatic heterocycles. The van der Waals surface area contributed by atoms with Crippen LogP contribution in [0.2, 0.25) is 0 Å². The van der Waals surface area contributed by atoms with Crippen molar-refractivity contribution in [2.24, 2.45) is 11.8 Å². The standard InChI is InChI=1S/C32H41BrN4O2.C2HF3O2/c33-26-11-12-27-25(15-26)19-36(30(38)17-34)21-32(27)20-35-18-28(32)31(39)37-14-13-24(22-7-3-1-4-8-22)16-29(37)23-9-5-2-6-10-23;3-2(4,5)1(6)7/h1,3-4,7-8,11-12,15,23-24,28-29,35H,2,5-6,9-10,13-14,16-21,34H2;(H,6,7)/p+1/t24-,28?,29+,32-;/m1./s1. The van der Waals surface area contributed by atoms with Crippen molar-refractivity contribution in [3.63, 3.8) is 0 Å². The Labute approximate surface area is 276 Å². The van der Waals surface area contributed by atoms with Gasteiger partial charge in [-0.15, -0.1) is 0 Å². The summed E-state index contributed by atoms with van der Waals surface area (Å²) in [5.74, 6) is -1.63. The Hall–Kier alpha value is -2.96. The van der Waals surface area contributed by atoms with Gasteiger partial charge in [-0.2, -0.15) is 13.2 Å². The number of carbonyl (C=O) groups excluding carboxylic acids is 3. The minimum atomic E-state index is -5.19. The van der Waals surface area contributed by atoms with Crippen molar-refractivity contribution < 1.29 is 43.7 Å². The molecule has 250 valence electrons. The van der Waals surface area contributed by atoms with Crippen LogP contribution in [-0.2, 0) is 26.3 Å². The topological polar surface area (TPSA) is 125 Å². The van der Waals surface area contributed by atoms with E-state index in [-0.39, 0.29) is 23.8 Å². The van der Waals surface area contributed by atoms with Crippen molar-refractivity contribution in [1.82, 2.24) is 9.80 Å². The summed E-state index contributed by atoms with van der Waals surface area (Å²) < 4.78 is 32.6. The lowest BCUT2D eigenvalue weighted by Gasteiger charge is -2.48. The number of hydrogen-bond acceptors (Lipinski definition) is 4. The van der Waals surface area contributed by atoms with E-state index in [1.54, 1.807) is 0 Å². The maximum absolute atomic E-state index is 14.8. The van der Waals surface area contributed by atoms with Crippen molar-refractivity contribution in [1.29, 1.82) is 0 Å². The molecule has 6 rings (SSSR count). The quantitative estimate of drug-likeness (QED) is 0.505. The van der Waals surface area contributed by atoms with Crippen LogP contribution in [0.5, 0.6) is 0 Å². The molecule has 46 heavy (non-hydrogen) atoms. The number of carbonyl (C=O) groups is 3. The number of benzene rings is 2. The molecule has 12 heteroatoms. The molecule has 8 nitrogen and oxygen atoms in total. The average Bonchev–Trinajstić information content (AvgIpc) is 3.47. The highest BCUT2D eigenvalue weighted by Crippen LogP contribution is 2.45. The highest BCUT2D eigenvalue weighted by atomic mass is 79.9. The number of piperidine rings is 1. The summed E-state index contributed by atoms with van der Waals surface area (Å²) in [5.41, 5.74) is 7.38. The van der Waals surface area contributed by atoms with E-state index in [2.05, 4.69) is 80.4 Å². The van der Waals surface area contributed by atoms with Crippen LogP contribution in [-0.4, -0.2) is 72.5 Å². The lowest BCUT2D eigenvalue weighted by atomic mass is 9.67. The molecule has 1 unspecified atom stereocenters. The van der Waals surface area contributed by atoms with Gasteiger partial charge in [0.25, 0.3) is 5.91 Å². The van der Waals surface area contributed by atoms with Gasteiger partial charge < -0.3 is 30.8 Å². The maximum atomic E-state index is 14.8. The molecule has 4 aliphatic rings. The summed E-state index contributed by atoms with van der Waals surface area (Å²) in [6.07, 6.45) is 3.26. The number of alkyl halides is 3. The Morgan fingerprint density at radius 1 is 1.04 bits per heavy atom. The summed E-state index contributed by atoms with van der Waals surface area (Å²) >= 11 is 3.65. The minimum absolute atomic E-state index is 0.0712. The van der Waals surface area contributed by atoms with E-state index in [1.165, 1.54) is 43.2 Å². The molecule has 1 saturated carbocycles. The van der Waals surface area contributed by atoms with E-state index in [1.807, 2.05) is 4.90 Å². The number of nitrogens with zero attached hydrogens (tertiary/aromatic N) is 2. The van der Waals surface area contributed by atoms with Gasteiger partial charge in [0.05, 0.1) is 18.5 Å². The normalized spacial score (nSPS) is 26.7.